The largest absolute Gasteiger partial charge is 0.461 e. The van der Waals surface area contributed by atoms with Gasteiger partial charge in [0.1, 0.15) is 11.3 Å². The maximum absolute atomic E-state index is 12.8. The first kappa shape index (κ1) is 22.2. The third-order valence-corrected chi connectivity index (χ3v) is 5.66. The summed E-state index contributed by atoms with van der Waals surface area (Å²) in [5.41, 5.74) is 2.71. The van der Waals surface area contributed by atoms with Crippen molar-refractivity contribution in [2.75, 3.05) is 6.54 Å². The molecule has 1 aliphatic rings. The third kappa shape index (κ3) is 4.06. The molecule has 166 valence electrons. The number of hydrogen-bond acceptors (Lipinski definition) is 3. The van der Waals surface area contributed by atoms with Gasteiger partial charge in [0.05, 0.1) is 11.3 Å². The van der Waals surface area contributed by atoms with Crippen LogP contribution >= 0.6 is 12.4 Å². The Bertz CT molecular complexity index is 1320. The predicted molar refractivity (Wildman–Crippen MR) is 120 cm³/mol. The summed E-state index contributed by atoms with van der Waals surface area (Å²) < 4.78 is 45.9. The van der Waals surface area contributed by atoms with Gasteiger partial charge in [-0.15, -0.1) is 12.4 Å². The Hall–Kier alpha value is -3.03. The van der Waals surface area contributed by atoms with Gasteiger partial charge in [0, 0.05) is 42.2 Å². The minimum atomic E-state index is -4.39. The summed E-state index contributed by atoms with van der Waals surface area (Å²) in [6, 6.07) is 13.6. The van der Waals surface area contributed by atoms with Crippen molar-refractivity contribution in [1.29, 1.82) is 0 Å². The van der Waals surface area contributed by atoms with Gasteiger partial charge in [0.15, 0.2) is 0 Å². The number of benzene rings is 2. The van der Waals surface area contributed by atoms with Crippen molar-refractivity contribution in [3.05, 3.63) is 88.0 Å². The van der Waals surface area contributed by atoms with Crippen molar-refractivity contribution < 1.29 is 17.6 Å². The Kier molecular flexibility index (Phi) is 5.88. The van der Waals surface area contributed by atoms with Crippen molar-refractivity contribution in [1.82, 2.24) is 9.88 Å². The lowest BCUT2D eigenvalue weighted by atomic mass is 10.0. The Morgan fingerprint density at radius 2 is 1.75 bits per heavy atom. The Morgan fingerprint density at radius 3 is 2.47 bits per heavy atom. The molecule has 2 aromatic heterocycles. The molecular weight excluding hydrogens is 441 g/mol. The van der Waals surface area contributed by atoms with Crippen LogP contribution in [-0.4, -0.2) is 11.1 Å². The summed E-state index contributed by atoms with van der Waals surface area (Å²) in [4.78, 5) is 12.8. The number of hydrogen-bond donors (Lipinski definition) is 1. The molecule has 1 aliphatic heterocycles. The summed E-state index contributed by atoms with van der Waals surface area (Å²) in [7, 11) is 0. The quantitative estimate of drug-likeness (QED) is 0.416. The lowest BCUT2D eigenvalue weighted by Gasteiger charge is -2.09. The van der Waals surface area contributed by atoms with Gasteiger partial charge in [-0.2, -0.15) is 13.2 Å². The second-order valence-electron chi connectivity index (χ2n) is 7.66. The average Bonchev–Trinajstić information content (AvgIpc) is 2.93. The van der Waals surface area contributed by atoms with E-state index < -0.39 is 11.7 Å². The fourth-order valence-corrected chi connectivity index (χ4v) is 4.05. The highest BCUT2D eigenvalue weighted by Gasteiger charge is 2.30. The van der Waals surface area contributed by atoms with E-state index in [1.165, 1.54) is 28.3 Å². The van der Waals surface area contributed by atoms with Crippen LogP contribution in [0.2, 0.25) is 0 Å². The van der Waals surface area contributed by atoms with Gasteiger partial charge < -0.3 is 9.73 Å². The molecule has 2 aromatic carbocycles. The fourth-order valence-electron chi connectivity index (χ4n) is 4.05. The summed E-state index contributed by atoms with van der Waals surface area (Å²) in [6.45, 7) is 1.73. The lowest BCUT2D eigenvalue weighted by Crippen LogP contribution is -2.16. The summed E-state index contributed by atoms with van der Waals surface area (Å²) in [6.07, 6.45) is -0.856. The van der Waals surface area contributed by atoms with Gasteiger partial charge in [-0.25, -0.2) is 0 Å². The van der Waals surface area contributed by atoms with Crippen LogP contribution < -0.4 is 10.9 Å². The van der Waals surface area contributed by atoms with Gasteiger partial charge in [0.25, 0.3) is 5.56 Å². The van der Waals surface area contributed by atoms with Gasteiger partial charge >= 0.3 is 6.18 Å². The van der Waals surface area contributed by atoms with Crippen LogP contribution in [0, 0.1) is 0 Å². The van der Waals surface area contributed by atoms with Crippen molar-refractivity contribution in [2.24, 2.45) is 0 Å². The molecule has 0 unspecified atom stereocenters. The number of aromatic nitrogens is 1. The molecule has 4 aromatic rings. The molecular formula is C24H20ClF3N2O2. The zero-order valence-corrected chi connectivity index (χ0v) is 17.7. The number of furan rings is 1. The normalized spacial score (nSPS) is 14.0. The lowest BCUT2D eigenvalue weighted by molar-refractivity contribution is -0.137. The molecule has 3 heterocycles. The number of nitrogens with one attached hydrogen (secondary N) is 1. The minimum Gasteiger partial charge on any atom is -0.461 e. The van der Waals surface area contributed by atoms with E-state index in [2.05, 4.69) is 5.32 Å². The van der Waals surface area contributed by atoms with Crippen LogP contribution in [0.25, 0.3) is 27.8 Å². The second kappa shape index (κ2) is 8.48. The van der Waals surface area contributed by atoms with E-state index >= 15 is 0 Å². The van der Waals surface area contributed by atoms with Crippen LogP contribution in [-0.2, 0) is 19.1 Å². The SMILES string of the molecule is Cl.O=c1cc(-c2ccc(C(F)(F)F)cc2)ccn1-c1ccc2c3c(oc2c1)CCCNC3. The zero-order valence-electron chi connectivity index (χ0n) is 16.9. The van der Waals surface area contributed by atoms with Crippen molar-refractivity contribution in [3.63, 3.8) is 0 Å². The van der Waals surface area contributed by atoms with E-state index in [0.29, 0.717) is 16.8 Å². The highest BCUT2D eigenvalue weighted by atomic mass is 35.5. The molecule has 4 nitrogen and oxygen atoms in total. The van der Waals surface area contributed by atoms with Crippen molar-refractivity contribution in [3.8, 4) is 16.8 Å². The minimum absolute atomic E-state index is 0. The van der Waals surface area contributed by atoms with Crippen LogP contribution in [0.4, 0.5) is 13.2 Å². The maximum Gasteiger partial charge on any atom is 0.416 e. The smallest absolute Gasteiger partial charge is 0.416 e. The molecule has 5 rings (SSSR count). The Labute approximate surface area is 188 Å². The molecule has 8 heteroatoms. The summed E-state index contributed by atoms with van der Waals surface area (Å²) in [5, 5.41) is 4.44. The molecule has 0 amide bonds. The molecule has 0 atom stereocenters. The maximum atomic E-state index is 12.8. The molecule has 0 saturated heterocycles. The molecule has 0 fully saturated rings. The standard InChI is InChI=1S/C24H19F3N2O2.ClH/c25-24(26,27)17-5-3-15(4-6-17)16-9-11-29(23(30)12-16)18-7-8-19-20-14-28-10-1-2-21(20)31-22(19)13-18;/h3-9,11-13,28H,1-2,10,14H2;1H. The average molecular weight is 461 g/mol. The number of rotatable bonds is 2. The van der Waals surface area contributed by atoms with Gasteiger partial charge in [0.2, 0.25) is 0 Å². The molecule has 0 bridgehead atoms. The monoisotopic (exact) mass is 460 g/mol. The Balaban J connectivity index is 0.00000245. The number of nitrogens with zero attached hydrogens (tertiary/aromatic N) is 1. The number of aryl methyl sites for hydroxylation is 1. The van der Waals surface area contributed by atoms with E-state index in [1.807, 2.05) is 18.2 Å². The first-order valence-corrected chi connectivity index (χ1v) is 10.1. The topological polar surface area (TPSA) is 47.2 Å². The molecule has 0 saturated carbocycles. The molecule has 0 radical (unpaired) electrons. The Morgan fingerprint density at radius 1 is 0.969 bits per heavy atom. The second-order valence-corrected chi connectivity index (χ2v) is 7.66. The van der Waals surface area contributed by atoms with Crippen molar-refractivity contribution >= 4 is 23.4 Å². The highest BCUT2D eigenvalue weighted by Crippen LogP contribution is 2.31. The van der Waals surface area contributed by atoms with Gasteiger partial charge in [-0.05, 0) is 54.4 Å². The first-order valence-electron chi connectivity index (χ1n) is 10.1. The third-order valence-electron chi connectivity index (χ3n) is 5.66. The molecule has 0 aliphatic carbocycles. The van der Waals surface area contributed by atoms with E-state index in [-0.39, 0.29) is 18.0 Å². The highest BCUT2D eigenvalue weighted by molar-refractivity contribution is 5.85. The molecule has 0 spiro atoms. The summed E-state index contributed by atoms with van der Waals surface area (Å²) >= 11 is 0. The number of fused-ring (bicyclic) bond motifs is 3. The van der Waals surface area contributed by atoms with E-state index in [4.69, 9.17) is 4.42 Å². The van der Waals surface area contributed by atoms with E-state index in [1.54, 1.807) is 12.3 Å². The van der Waals surface area contributed by atoms with E-state index in [9.17, 15) is 18.0 Å². The van der Waals surface area contributed by atoms with Crippen molar-refractivity contribution in [2.45, 2.75) is 25.6 Å². The van der Waals surface area contributed by atoms with Crippen LogP contribution in [0.3, 0.4) is 0 Å². The molecule has 32 heavy (non-hydrogen) atoms. The number of pyridine rings is 1. The summed E-state index contributed by atoms with van der Waals surface area (Å²) in [5.74, 6) is 0.988. The van der Waals surface area contributed by atoms with Gasteiger partial charge in [-0.3, -0.25) is 9.36 Å². The molecule has 1 N–H and O–H groups in total. The van der Waals surface area contributed by atoms with Crippen LogP contribution in [0.15, 0.2) is 70.0 Å². The number of alkyl halides is 3. The van der Waals surface area contributed by atoms with Crippen LogP contribution in [0.1, 0.15) is 23.3 Å². The van der Waals surface area contributed by atoms with Gasteiger partial charge in [-0.1, -0.05) is 12.1 Å². The zero-order chi connectivity index (χ0) is 21.6. The number of halogens is 4. The fraction of sp³-hybridized carbons (Fsp3) is 0.208. The first-order chi connectivity index (χ1) is 14.9. The van der Waals surface area contributed by atoms with E-state index in [0.717, 1.165) is 54.8 Å². The predicted octanol–water partition coefficient (Wildman–Crippen LogP) is 5.73. The van der Waals surface area contributed by atoms with Crippen LogP contribution in [0.5, 0.6) is 0 Å².